The van der Waals surface area contributed by atoms with E-state index in [-0.39, 0.29) is 11.8 Å². The van der Waals surface area contributed by atoms with E-state index in [0.717, 1.165) is 43.4 Å². The van der Waals surface area contributed by atoms with Crippen molar-refractivity contribution in [3.8, 4) is 17.3 Å². The molecule has 3 heterocycles. The van der Waals surface area contributed by atoms with Gasteiger partial charge >= 0.3 is 0 Å². The average molecular weight is 422 g/mol. The largest absolute Gasteiger partial charge is 0.497 e. The third-order valence-corrected chi connectivity index (χ3v) is 5.52. The Hall–Kier alpha value is -3.62. The zero-order valence-electron chi connectivity index (χ0n) is 17.9. The Morgan fingerprint density at radius 2 is 1.68 bits per heavy atom. The molecular weight excluding hydrogens is 396 g/mol. The number of carbonyl (C=O) groups is 1. The molecule has 1 amide bonds. The van der Waals surface area contributed by atoms with Crippen LogP contribution in [0.25, 0.3) is 5.82 Å². The maximum absolute atomic E-state index is 12.8. The number of carbonyl (C=O) groups excluding carboxylic acids is 1. The molecule has 1 aromatic carbocycles. The van der Waals surface area contributed by atoms with Crippen molar-refractivity contribution in [2.45, 2.75) is 19.8 Å². The van der Waals surface area contributed by atoms with Crippen LogP contribution in [0.2, 0.25) is 0 Å². The van der Waals surface area contributed by atoms with Crippen LogP contribution in [-0.2, 0) is 4.79 Å². The smallest absolute Gasteiger partial charge is 0.227 e. The topological polar surface area (TPSA) is 94.4 Å². The number of anilines is 2. The molecule has 4 rings (SSSR count). The molecule has 0 aliphatic carbocycles. The normalized spacial score (nSPS) is 14.4. The van der Waals surface area contributed by atoms with Crippen LogP contribution in [0.1, 0.15) is 18.7 Å². The van der Waals surface area contributed by atoms with Crippen LogP contribution >= 0.6 is 0 Å². The number of piperidine rings is 1. The fourth-order valence-corrected chi connectivity index (χ4v) is 3.76. The maximum atomic E-state index is 12.8. The molecule has 0 spiro atoms. The Morgan fingerprint density at radius 1 is 1.00 bits per heavy atom. The second-order valence-electron chi connectivity index (χ2n) is 7.43. The summed E-state index contributed by atoms with van der Waals surface area (Å²) in [4.78, 5) is 28.0. The molecule has 0 bridgehead atoms. The zero-order valence-corrected chi connectivity index (χ0v) is 17.9. The summed E-state index contributed by atoms with van der Waals surface area (Å²) in [6.07, 6.45) is 6.69. The fourth-order valence-electron chi connectivity index (χ4n) is 3.76. The lowest BCUT2D eigenvalue weighted by Crippen LogP contribution is -2.38. The van der Waals surface area contributed by atoms with Gasteiger partial charge in [-0.25, -0.2) is 15.0 Å². The number of rotatable bonds is 6. The summed E-state index contributed by atoms with van der Waals surface area (Å²) in [6, 6.07) is 7.30. The van der Waals surface area contributed by atoms with Crippen molar-refractivity contribution in [1.29, 1.82) is 0 Å². The summed E-state index contributed by atoms with van der Waals surface area (Å²) < 4.78 is 12.5. The highest BCUT2D eigenvalue weighted by atomic mass is 16.5. The lowest BCUT2D eigenvalue weighted by atomic mass is 9.95. The Labute approximate surface area is 181 Å². The molecule has 162 valence electrons. The van der Waals surface area contributed by atoms with E-state index in [1.54, 1.807) is 44.9 Å². The SMILES string of the molecule is COc1cc(NC(=O)C2CCN(c3cc(-n4ccnc4C)ncn3)CC2)cc(OC)c1. The number of methoxy groups -OCH3 is 2. The van der Waals surface area contributed by atoms with Gasteiger partial charge in [0.2, 0.25) is 5.91 Å². The van der Waals surface area contributed by atoms with Crippen molar-refractivity contribution < 1.29 is 14.3 Å². The van der Waals surface area contributed by atoms with Crippen LogP contribution in [0.15, 0.2) is 43.0 Å². The highest BCUT2D eigenvalue weighted by molar-refractivity contribution is 5.93. The van der Waals surface area contributed by atoms with Crippen molar-refractivity contribution in [1.82, 2.24) is 19.5 Å². The number of hydrogen-bond acceptors (Lipinski definition) is 7. The summed E-state index contributed by atoms with van der Waals surface area (Å²) in [7, 11) is 3.17. The van der Waals surface area contributed by atoms with E-state index in [4.69, 9.17) is 9.47 Å². The molecule has 3 aromatic rings. The van der Waals surface area contributed by atoms with Gasteiger partial charge in [-0.3, -0.25) is 9.36 Å². The molecule has 0 radical (unpaired) electrons. The number of hydrogen-bond donors (Lipinski definition) is 1. The predicted molar refractivity (Wildman–Crippen MR) is 117 cm³/mol. The van der Waals surface area contributed by atoms with E-state index in [9.17, 15) is 4.79 Å². The van der Waals surface area contributed by atoms with Crippen LogP contribution in [0.3, 0.4) is 0 Å². The number of imidazole rings is 1. The Bertz CT molecular complexity index is 1040. The molecule has 1 N–H and O–H groups in total. The molecule has 0 unspecified atom stereocenters. The van der Waals surface area contributed by atoms with Gasteiger partial charge in [0.25, 0.3) is 0 Å². The highest BCUT2D eigenvalue weighted by Gasteiger charge is 2.26. The molecule has 1 aliphatic rings. The Balaban J connectivity index is 1.39. The van der Waals surface area contributed by atoms with Crippen molar-refractivity contribution >= 4 is 17.4 Å². The molecule has 2 aromatic heterocycles. The third-order valence-electron chi connectivity index (χ3n) is 5.52. The average Bonchev–Trinajstić information content (AvgIpc) is 3.24. The van der Waals surface area contributed by atoms with Gasteiger partial charge in [0, 0.05) is 61.4 Å². The molecule has 9 nitrogen and oxygen atoms in total. The number of aryl methyl sites for hydroxylation is 1. The minimum atomic E-state index is -0.0642. The van der Waals surface area contributed by atoms with E-state index in [0.29, 0.717) is 17.2 Å². The predicted octanol–water partition coefficient (Wildman–Crippen LogP) is 2.84. The first kappa shape index (κ1) is 20.6. The van der Waals surface area contributed by atoms with Crippen LogP contribution in [0.4, 0.5) is 11.5 Å². The first-order valence-corrected chi connectivity index (χ1v) is 10.2. The molecule has 1 fully saturated rings. The Kier molecular flexibility index (Phi) is 6.01. The van der Waals surface area contributed by atoms with Crippen LogP contribution < -0.4 is 19.7 Å². The number of aromatic nitrogens is 4. The van der Waals surface area contributed by atoms with Gasteiger partial charge < -0.3 is 19.7 Å². The van der Waals surface area contributed by atoms with Gasteiger partial charge in [-0.05, 0) is 19.8 Å². The third kappa shape index (κ3) is 4.60. The van der Waals surface area contributed by atoms with Crippen LogP contribution in [-0.4, -0.2) is 52.7 Å². The second kappa shape index (κ2) is 9.03. The van der Waals surface area contributed by atoms with E-state index in [1.165, 1.54) is 0 Å². The summed E-state index contributed by atoms with van der Waals surface area (Å²) in [5.74, 6) is 3.72. The Morgan fingerprint density at radius 3 is 2.29 bits per heavy atom. The first-order valence-electron chi connectivity index (χ1n) is 10.2. The van der Waals surface area contributed by atoms with Crippen molar-refractivity contribution in [3.05, 3.63) is 48.8 Å². The summed E-state index contributed by atoms with van der Waals surface area (Å²) in [5.41, 5.74) is 0.666. The van der Waals surface area contributed by atoms with Gasteiger partial charge in [0.05, 0.1) is 14.2 Å². The number of amides is 1. The van der Waals surface area contributed by atoms with Crippen LogP contribution in [0.5, 0.6) is 11.5 Å². The molecule has 9 heteroatoms. The van der Waals surface area contributed by atoms with Gasteiger partial charge in [0.1, 0.15) is 35.3 Å². The highest BCUT2D eigenvalue weighted by Crippen LogP contribution is 2.28. The first-order chi connectivity index (χ1) is 15.1. The lowest BCUT2D eigenvalue weighted by Gasteiger charge is -2.32. The molecule has 1 aliphatic heterocycles. The quantitative estimate of drug-likeness (QED) is 0.653. The molecule has 0 atom stereocenters. The summed E-state index contributed by atoms with van der Waals surface area (Å²) in [5, 5.41) is 3.00. The molecule has 0 saturated carbocycles. The monoisotopic (exact) mass is 422 g/mol. The zero-order chi connectivity index (χ0) is 21.8. The summed E-state index contributed by atoms with van der Waals surface area (Å²) >= 11 is 0. The van der Waals surface area contributed by atoms with E-state index >= 15 is 0 Å². The number of benzene rings is 1. The van der Waals surface area contributed by atoms with Crippen molar-refractivity contribution in [2.24, 2.45) is 5.92 Å². The van der Waals surface area contributed by atoms with Crippen molar-refractivity contribution in [3.63, 3.8) is 0 Å². The minimum Gasteiger partial charge on any atom is -0.497 e. The molecular formula is C22H26N6O3. The fraction of sp³-hybridized carbons (Fsp3) is 0.364. The van der Waals surface area contributed by atoms with Crippen LogP contribution in [0, 0.1) is 12.8 Å². The minimum absolute atomic E-state index is 0.00683. The standard InChI is InChI=1S/C22H26N6O3/c1-15-23-6-9-28(15)21-13-20(24-14-25-21)27-7-4-16(5-8-27)22(29)26-17-10-18(30-2)12-19(11-17)31-3/h6,9-14,16H,4-5,7-8H2,1-3H3,(H,26,29). The number of ether oxygens (including phenoxy) is 2. The summed E-state index contributed by atoms with van der Waals surface area (Å²) in [6.45, 7) is 3.43. The molecule has 1 saturated heterocycles. The molecule has 31 heavy (non-hydrogen) atoms. The number of nitrogens with zero attached hydrogens (tertiary/aromatic N) is 5. The lowest BCUT2D eigenvalue weighted by molar-refractivity contribution is -0.120. The van der Waals surface area contributed by atoms with E-state index in [1.807, 2.05) is 23.8 Å². The second-order valence-corrected chi connectivity index (χ2v) is 7.43. The number of nitrogens with one attached hydrogen (secondary N) is 1. The van der Waals surface area contributed by atoms with E-state index < -0.39 is 0 Å². The maximum Gasteiger partial charge on any atom is 0.227 e. The van der Waals surface area contributed by atoms with Gasteiger partial charge in [-0.1, -0.05) is 0 Å². The van der Waals surface area contributed by atoms with Gasteiger partial charge in [-0.15, -0.1) is 0 Å². The van der Waals surface area contributed by atoms with E-state index in [2.05, 4.69) is 25.2 Å². The van der Waals surface area contributed by atoms with Crippen molar-refractivity contribution in [2.75, 3.05) is 37.5 Å². The van der Waals surface area contributed by atoms with Gasteiger partial charge in [0.15, 0.2) is 0 Å². The van der Waals surface area contributed by atoms with Gasteiger partial charge in [-0.2, -0.15) is 0 Å².